The molecule has 0 bridgehead atoms. The van der Waals surface area contributed by atoms with Crippen LogP contribution < -0.4 is 9.47 Å². The van der Waals surface area contributed by atoms with Crippen molar-refractivity contribution in [1.82, 2.24) is 4.90 Å². The van der Waals surface area contributed by atoms with Crippen molar-refractivity contribution in [3.05, 3.63) is 100 Å². The van der Waals surface area contributed by atoms with Crippen LogP contribution in [0, 0.1) is 6.92 Å². The fraction of sp³-hybridized carbons (Fsp3) is 0.267. The molecule has 2 heterocycles. The lowest BCUT2D eigenvalue weighted by atomic mass is 9.85. The van der Waals surface area contributed by atoms with Gasteiger partial charge in [0.05, 0.1) is 11.6 Å². The third-order valence-electron chi connectivity index (χ3n) is 6.75. The van der Waals surface area contributed by atoms with Crippen molar-refractivity contribution in [3.63, 3.8) is 0 Å². The first kappa shape index (κ1) is 23.7. The molecule has 184 valence electrons. The van der Waals surface area contributed by atoms with Gasteiger partial charge in [-0.1, -0.05) is 80.9 Å². The molecule has 0 saturated carbocycles. The van der Waals surface area contributed by atoms with E-state index < -0.39 is 17.7 Å². The first-order valence-corrected chi connectivity index (χ1v) is 12.0. The van der Waals surface area contributed by atoms with Crippen LogP contribution in [0.25, 0.3) is 5.76 Å². The molecule has 2 aliphatic heterocycles. The number of hydrogen-bond acceptors (Lipinski definition) is 5. The molecule has 3 aromatic rings. The molecule has 1 N–H and O–H groups in total. The Bertz CT molecular complexity index is 1360. The summed E-state index contributed by atoms with van der Waals surface area (Å²) in [5.41, 5.74) is 4.27. The average Bonchev–Trinajstić information content (AvgIpc) is 3.41. The smallest absolute Gasteiger partial charge is 0.295 e. The van der Waals surface area contributed by atoms with E-state index in [1.807, 2.05) is 55.5 Å². The second-order valence-corrected chi connectivity index (χ2v) is 10.4. The summed E-state index contributed by atoms with van der Waals surface area (Å²) in [6, 6.07) is 19.9. The van der Waals surface area contributed by atoms with Crippen LogP contribution in [0.1, 0.15) is 54.6 Å². The zero-order valence-corrected chi connectivity index (χ0v) is 20.9. The number of aliphatic hydroxyl groups excluding tert-OH is 1. The highest BCUT2D eigenvalue weighted by Gasteiger charge is 2.46. The van der Waals surface area contributed by atoms with Crippen LogP contribution in [0.4, 0.5) is 0 Å². The van der Waals surface area contributed by atoms with Crippen molar-refractivity contribution in [1.29, 1.82) is 0 Å². The third-order valence-corrected chi connectivity index (χ3v) is 6.75. The number of ether oxygens (including phenoxy) is 2. The zero-order valence-electron chi connectivity index (χ0n) is 20.9. The van der Waals surface area contributed by atoms with Gasteiger partial charge in [-0.3, -0.25) is 9.59 Å². The van der Waals surface area contributed by atoms with Crippen molar-refractivity contribution in [2.24, 2.45) is 0 Å². The molecule has 0 aromatic heterocycles. The number of carbonyl (C=O) groups excluding carboxylic acids is 2. The van der Waals surface area contributed by atoms with Crippen LogP contribution in [0.2, 0.25) is 0 Å². The van der Waals surface area contributed by atoms with Gasteiger partial charge >= 0.3 is 0 Å². The Balaban J connectivity index is 1.61. The fourth-order valence-corrected chi connectivity index (χ4v) is 4.66. The topological polar surface area (TPSA) is 76.1 Å². The number of nitrogens with zero attached hydrogens (tertiary/aromatic N) is 1. The lowest BCUT2D eigenvalue weighted by Gasteiger charge is -2.26. The Kier molecular flexibility index (Phi) is 5.83. The SMILES string of the molecule is Cc1ccc(/C(O)=C2\C(=O)C(=O)N(Cc3ccc4c(c3)OCO4)C2c2ccc(C(C)(C)C)cc2)cc1. The van der Waals surface area contributed by atoms with Crippen LogP contribution >= 0.6 is 0 Å². The number of aliphatic hydroxyl groups is 1. The Morgan fingerprint density at radius 2 is 1.61 bits per heavy atom. The maximum Gasteiger partial charge on any atom is 0.295 e. The second kappa shape index (κ2) is 8.86. The number of aryl methyl sites for hydroxylation is 1. The van der Waals surface area contributed by atoms with Crippen LogP contribution in [0.5, 0.6) is 11.5 Å². The van der Waals surface area contributed by atoms with Crippen molar-refractivity contribution in [2.75, 3.05) is 6.79 Å². The van der Waals surface area contributed by atoms with Gasteiger partial charge in [0, 0.05) is 12.1 Å². The Morgan fingerprint density at radius 1 is 0.944 bits per heavy atom. The zero-order chi connectivity index (χ0) is 25.6. The monoisotopic (exact) mass is 483 g/mol. The number of ketones is 1. The number of hydrogen-bond donors (Lipinski definition) is 1. The van der Waals surface area contributed by atoms with Gasteiger partial charge in [0.15, 0.2) is 11.5 Å². The lowest BCUT2D eigenvalue weighted by Crippen LogP contribution is -2.29. The molecule has 1 unspecified atom stereocenters. The van der Waals surface area contributed by atoms with E-state index in [1.54, 1.807) is 18.2 Å². The summed E-state index contributed by atoms with van der Waals surface area (Å²) in [7, 11) is 0. The Hall–Kier alpha value is -4.06. The van der Waals surface area contributed by atoms with Crippen LogP contribution in [-0.4, -0.2) is 28.5 Å². The quantitative estimate of drug-likeness (QED) is 0.295. The van der Waals surface area contributed by atoms with Gasteiger partial charge in [-0.2, -0.15) is 0 Å². The minimum absolute atomic E-state index is 0.0469. The summed E-state index contributed by atoms with van der Waals surface area (Å²) in [4.78, 5) is 28.2. The average molecular weight is 484 g/mol. The number of likely N-dealkylation sites (tertiary alicyclic amines) is 1. The van der Waals surface area contributed by atoms with E-state index in [0.29, 0.717) is 17.1 Å². The van der Waals surface area contributed by atoms with Gasteiger partial charge in [-0.25, -0.2) is 0 Å². The first-order valence-electron chi connectivity index (χ1n) is 12.0. The number of Topliss-reactive ketones (excluding diaryl/α,β-unsaturated/α-hetero) is 1. The van der Waals surface area contributed by atoms with Crippen molar-refractivity contribution < 1.29 is 24.2 Å². The molecule has 0 radical (unpaired) electrons. The normalized spacial score (nSPS) is 18.7. The molecule has 6 nitrogen and oxygen atoms in total. The number of benzene rings is 3. The van der Waals surface area contributed by atoms with Crippen LogP contribution in [-0.2, 0) is 21.5 Å². The largest absolute Gasteiger partial charge is 0.507 e. The van der Waals surface area contributed by atoms with E-state index in [4.69, 9.17) is 9.47 Å². The number of carbonyl (C=O) groups is 2. The standard InChI is InChI=1S/C30H29NO5/c1-18-5-8-21(9-6-18)27(32)25-26(20-10-12-22(13-11-20)30(2,3)4)31(29(34)28(25)33)16-19-7-14-23-24(15-19)36-17-35-23/h5-15,26,32H,16-17H2,1-4H3/b27-25+. The molecule has 0 aliphatic carbocycles. The molecular formula is C30H29NO5. The van der Waals surface area contributed by atoms with Gasteiger partial charge in [0.25, 0.3) is 11.7 Å². The second-order valence-electron chi connectivity index (χ2n) is 10.4. The molecule has 3 aromatic carbocycles. The summed E-state index contributed by atoms with van der Waals surface area (Å²) < 4.78 is 10.9. The van der Waals surface area contributed by atoms with E-state index in [9.17, 15) is 14.7 Å². The Morgan fingerprint density at radius 3 is 2.28 bits per heavy atom. The maximum atomic E-state index is 13.3. The van der Waals surface area contributed by atoms with Gasteiger partial charge in [-0.15, -0.1) is 0 Å². The van der Waals surface area contributed by atoms with E-state index in [2.05, 4.69) is 20.8 Å². The molecule has 1 amide bonds. The van der Waals surface area contributed by atoms with E-state index >= 15 is 0 Å². The molecule has 1 atom stereocenters. The molecule has 1 fully saturated rings. The summed E-state index contributed by atoms with van der Waals surface area (Å²) >= 11 is 0. The first-order chi connectivity index (χ1) is 17.1. The highest BCUT2D eigenvalue weighted by Crippen LogP contribution is 2.42. The predicted octanol–water partition coefficient (Wildman–Crippen LogP) is 5.64. The molecule has 2 aliphatic rings. The van der Waals surface area contributed by atoms with Crippen LogP contribution in [0.3, 0.4) is 0 Å². The summed E-state index contributed by atoms with van der Waals surface area (Å²) in [5.74, 6) is -0.263. The number of fused-ring (bicyclic) bond motifs is 1. The minimum Gasteiger partial charge on any atom is -0.507 e. The van der Waals surface area contributed by atoms with Gasteiger partial charge in [-0.05, 0) is 41.2 Å². The fourth-order valence-electron chi connectivity index (χ4n) is 4.66. The minimum atomic E-state index is -0.731. The Labute approximate surface area is 210 Å². The van der Waals surface area contributed by atoms with Crippen molar-refractivity contribution in [3.8, 4) is 11.5 Å². The number of amides is 1. The van der Waals surface area contributed by atoms with Gasteiger partial charge < -0.3 is 19.5 Å². The molecule has 6 heteroatoms. The van der Waals surface area contributed by atoms with Crippen LogP contribution in [0.15, 0.2) is 72.3 Å². The van der Waals surface area contributed by atoms with Gasteiger partial charge in [0.1, 0.15) is 5.76 Å². The molecule has 36 heavy (non-hydrogen) atoms. The van der Waals surface area contributed by atoms with E-state index in [-0.39, 0.29) is 30.1 Å². The maximum absolute atomic E-state index is 13.3. The van der Waals surface area contributed by atoms with Gasteiger partial charge in [0.2, 0.25) is 6.79 Å². The summed E-state index contributed by atoms with van der Waals surface area (Å²) in [6.07, 6.45) is 0. The summed E-state index contributed by atoms with van der Waals surface area (Å²) in [6.45, 7) is 8.67. The number of rotatable bonds is 4. The summed E-state index contributed by atoms with van der Waals surface area (Å²) in [5, 5.41) is 11.3. The van der Waals surface area contributed by atoms with Crippen molar-refractivity contribution in [2.45, 2.75) is 45.7 Å². The molecule has 5 rings (SSSR count). The predicted molar refractivity (Wildman–Crippen MR) is 137 cm³/mol. The third kappa shape index (κ3) is 4.24. The molecule has 1 saturated heterocycles. The molecular weight excluding hydrogens is 454 g/mol. The van der Waals surface area contributed by atoms with E-state index in [1.165, 1.54) is 4.90 Å². The molecule has 0 spiro atoms. The van der Waals surface area contributed by atoms with E-state index in [0.717, 1.165) is 22.3 Å². The highest BCUT2D eigenvalue weighted by atomic mass is 16.7. The highest BCUT2D eigenvalue weighted by molar-refractivity contribution is 6.46. The lowest BCUT2D eigenvalue weighted by molar-refractivity contribution is -0.140. The van der Waals surface area contributed by atoms with Crippen molar-refractivity contribution >= 4 is 17.4 Å².